The van der Waals surface area contributed by atoms with Gasteiger partial charge in [0.2, 0.25) is 11.8 Å². The third-order valence-corrected chi connectivity index (χ3v) is 9.10. The van der Waals surface area contributed by atoms with E-state index in [-0.39, 0.29) is 29.8 Å². The number of fused-ring (bicyclic) bond motifs is 3. The molecule has 2 heterocycles. The third-order valence-electron chi connectivity index (χ3n) is 8.78. The van der Waals surface area contributed by atoms with Gasteiger partial charge in [-0.25, -0.2) is 0 Å². The van der Waals surface area contributed by atoms with Crippen molar-refractivity contribution >= 4 is 47.9 Å². The van der Waals surface area contributed by atoms with Gasteiger partial charge in [0.15, 0.2) is 0 Å². The fourth-order valence-electron chi connectivity index (χ4n) is 6.96. The Morgan fingerprint density at radius 3 is 2.47 bits per heavy atom. The molecule has 2 amide bonds. The van der Waals surface area contributed by atoms with Crippen molar-refractivity contribution < 1.29 is 29.1 Å². The fourth-order valence-corrected chi connectivity index (χ4v) is 7.19. The lowest BCUT2D eigenvalue weighted by Gasteiger charge is -2.43. The number of para-hydroxylation sites is 1. The molecule has 3 aromatic carbocycles. The Labute approximate surface area is 256 Å². The van der Waals surface area contributed by atoms with Gasteiger partial charge in [0.25, 0.3) is 0 Å². The number of methoxy groups -OCH3 is 1. The Hall–Kier alpha value is -3.69. The lowest BCUT2D eigenvalue weighted by Crippen LogP contribution is -2.46. The lowest BCUT2D eigenvalue weighted by atomic mass is 9.58. The minimum atomic E-state index is -1.06. The number of phenols is 1. The SMILES string of the molecule is COCC1=C2[C@@H](CC/C(=C/c3ccc(O)cc3Cl)c3ccccc3)OB(O)C[C@@H]2[C@@H]2C(=O)N(c3ccccc3)C(=O)[C@@H]2C1. The summed E-state index contributed by atoms with van der Waals surface area (Å²) in [5.74, 6) is -1.74. The molecule has 0 spiro atoms. The Balaban J connectivity index is 1.33. The molecule has 0 bridgehead atoms. The Bertz CT molecular complexity index is 1580. The second kappa shape index (κ2) is 12.5. The number of hydrogen-bond acceptors (Lipinski definition) is 6. The van der Waals surface area contributed by atoms with Gasteiger partial charge >= 0.3 is 7.12 Å². The molecular weight excluding hydrogens is 565 g/mol. The molecule has 3 aliphatic rings. The van der Waals surface area contributed by atoms with Crippen LogP contribution in [0.2, 0.25) is 11.3 Å². The van der Waals surface area contributed by atoms with Crippen molar-refractivity contribution in [2.24, 2.45) is 17.8 Å². The van der Waals surface area contributed by atoms with E-state index >= 15 is 0 Å². The first-order valence-corrected chi connectivity index (χ1v) is 14.9. The molecule has 0 unspecified atom stereocenters. The van der Waals surface area contributed by atoms with E-state index < -0.39 is 25.1 Å². The van der Waals surface area contributed by atoms with E-state index in [0.717, 1.165) is 27.8 Å². The predicted molar refractivity (Wildman–Crippen MR) is 167 cm³/mol. The molecule has 7 nitrogen and oxygen atoms in total. The minimum Gasteiger partial charge on any atom is -0.508 e. The predicted octanol–water partition coefficient (Wildman–Crippen LogP) is 6.01. The summed E-state index contributed by atoms with van der Waals surface area (Å²) >= 11 is 6.46. The smallest absolute Gasteiger partial charge is 0.455 e. The Kier molecular flexibility index (Phi) is 8.55. The van der Waals surface area contributed by atoms with E-state index in [1.807, 2.05) is 54.6 Å². The number of amides is 2. The van der Waals surface area contributed by atoms with Crippen molar-refractivity contribution in [3.8, 4) is 5.75 Å². The number of anilines is 1. The largest absolute Gasteiger partial charge is 0.508 e. The molecule has 6 rings (SSSR count). The number of nitrogens with zero attached hydrogens (tertiary/aromatic N) is 1. The first-order valence-electron chi connectivity index (χ1n) is 14.6. The van der Waals surface area contributed by atoms with Crippen LogP contribution in [-0.4, -0.2) is 48.9 Å². The maximum Gasteiger partial charge on any atom is 0.455 e. The number of rotatable bonds is 8. The van der Waals surface area contributed by atoms with E-state index in [4.69, 9.17) is 21.0 Å². The number of phenolic OH excluding ortho intramolecular Hbond substituents is 1. The molecule has 9 heteroatoms. The van der Waals surface area contributed by atoms with Gasteiger partial charge in [-0.2, -0.15) is 0 Å². The molecular formula is C34H33BClNO6. The second-order valence-corrected chi connectivity index (χ2v) is 11.8. The van der Waals surface area contributed by atoms with Crippen LogP contribution in [0.4, 0.5) is 5.69 Å². The molecule has 0 aromatic heterocycles. The lowest BCUT2D eigenvalue weighted by molar-refractivity contribution is -0.122. The normalized spacial score (nSPS) is 23.9. The third kappa shape index (κ3) is 5.80. The summed E-state index contributed by atoms with van der Waals surface area (Å²) in [6, 6.07) is 23.9. The van der Waals surface area contributed by atoms with Crippen LogP contribution in [-0.2, 0) is 19.0 Å². The van der Waals surface area contributed by atoms with E-state index in [9.17, 15) is 19.7 Å². The summed E-state index contributed by atoms with van der Waals surface area (Å²) in [5.41, 5.74) is 5.31. The fraction of sp³-hybridized carbons (Fsp3) is 0.294. The van der Waals surface area contributed by atoms with E-state index in [1.165, 1.54) is 11.0 Å². The van der Waals surface area contributed by atoms with Crippen LogP contribution >= 0.6 is 11.6 Å². The number of imide groups is 1. The standard InChI is InChI=1S/C34H33BClNO6/c1-42-20-24-17-27-32(34(40)37(33(27)39)25-10-6-3-7-11-25)28-19-35(41)43-30(31(24)28)15-13-22(21-8-4-2-5-9-21)16-23-12-14-26(38)18-29(23)36/h2-12,14,16,18,27-28,30,32,38,41H,13,15,17,19-20H2,1H3/b22-16-/t27-,28+,30-,32-/m1/s1. The van der Waals surface area contributed by atoms with E-state index in [2.05, 4.69) is 0 Å². The van der Waals surface area contributed by atoms with Crippen LogP contribution < -0.4 is 4.90 Å². The zero-order valence-electron chi connectivity index (χ0n) is 23.9. The summed E-state index contributed by atoms with van der Waals surface area (Å²) in [5, 5.41) is 21.2. The van der Waals surface area contributed by atoms with Gasteiger partial charge in [-0.3, -0.25) is 14.5 Å². The van der Waals surface area contributed by atoms with Crippen molar-refractivity contribution in [3.63, 3.8) is 0 Å². The molecule has 2 N–H and O–H groups in total. The van der Waals surface area contributed by atoms with E-state index in [1.54, 1.807) is 31.4 Å². The summed E-state index contributed by atoms with van der Waals surface area (Å²) in [4.78, 5) is 28.8. The van der Waals surface area contributed by atoms with E-state index in [0.29, 0.717) is 36.6 Å². The maximum atomic E-state index is 13.9. The number of allylic oxidation sites excluding steroid dienone is 1. The van der Waals surface area contributed by atoms with Gasteiger partial charge in [-0.05, 0) is 95.8 Å². The number of aromatic hydroxyl groups is 1. The highest BCUT2D eigenvalue weighted by molar-refractivity contribution is 6.43. The Morgan fingerprint density at radius 2 is 1.77 bits per heavy atom. The van der Waals surface area contributed by atoms with Gasteiger partial charge in [-0.15, -0.1) is 0 Å². The Morgan fingerprint density at radius 1 is 1.05 bits per heavy atom. The van der Waals surface area contributed by atoms with Crippen molar-refractivity contribution in [1.82, 2.24) is 0 Å². The number of benzene rings is 3. The summed E-state index contributed by atoms with van der Waals surface area (Å²) in [6.07, 6.45) is 3.33. The summed E-state index contributed by atoms with van der Waals surface area (Å²) in [7, 11) is 0.559. The highest BCUT2D eigenvalue weighted by Crippen LogP contribution is 2.51. The highest BCUT2D eigenvalue weighted by atomic mass is 35.5. The second-order valence-electron chi connectivity index (χ2n) is 11.4. The van der Waals surface area contributed by atoms with Crippen LogP contribution in [0.1, 0.15) is 30.4 Å². The monoisotopic (exact) mass is 597 g/mol. The van der Waals surface area contributed by atoms with Gasteiger partial charge in [0.1, 0.15) is 5.75 Å². The average molecular weight is 598 g/mol. The summed E-state index contributed by atoms with van der Waals surface area (Å²) in [6.45, 7) is 0.322. The molecule has 0 radical (unpaired) electrons. The molecule has 1 aliphatic carbocycles. The van der Waals surface area contributed by atoms with Crippen molar-refractivity contribution in [3.05, 3.63) is 106 Å². The van der Waals surface area contributed by atoms with Gasteiger partial charge in [0, 0.05) is 7.11 Å². The number of carbonyl (C=O) groups excluding carboxylic acids is 2. The first-order chi connectivity index (χ1) is 20.9. The maximum absolute atomic E-state index is 13.9. The zero-order chi connectivity index (χ0) is 30.1. The first kappa shape index (κ1) is 29.4. The molecule has 2 saturated heterocycles. The molecule has 220 valence electrons. The van der Waals surface area contributed by atoms with Gasteiger partial charge < -0.3 is 19.5 Å². The molecule has 2 fully saturated rings. The molecule has 43 heavy (non-hydrogen) atoms. The van der Waals surface area contributed by atoms with Crippen LogP contribution in [0, 0.1) is 17.8 Å². The zero-order valence-corrected chi connectivity index (χ0v) is 24.6. The van der Waals surface area contributed by atoms with Crippen molar-refractivity contribution in [2.75, 3.05) is 18.6 Å². The number of ether oxygens (including phenoxy) is 1. The quantitative estimate of drug-likeness (QED) is 0.143. The van der Waals surface area contributed by atoms with Crippen LogP contribution in [0.15, 0.2) is 90.0 Å². The van der Waals surface area contributed by atoms with Gasteiger partial charge in [0.05, 0.1) is 35.3 Å². The number of carbonyl (C=O) groups is 2. The van der Waals surface area contributed by atoms with Crippen molar-refractivity contribution in [1.29, 1.82) is 0 Å². The molecule has 0 saturated carbocycles. The average Bonchev–Trinajstić information content (AvgIpc) is 3.26. The van der Waals surface area contributed by atoms with Crippen LogP contribution in [0.3, 0.4) is 0 Å². The number of hydrogen-bond donors (Lipinski definition) is 2. The molecule has 3 aromatic rings. The van der Waals surface area contributed by atoms with Crippen LogP contribution in [0.25, 0.3) is 11.6 Å². The summed E-state index contributed by atoms with van der Waals surface area (Å²) < 4.78 is 11.8. The number of halogens is 1. The highest BCUT2D eigenvalue weighted by Gasteiger charge is 2.57. The molecule has 4 atom stereocenters. The van der Waals surface area contributed by atoms with Gasteiger partial charge in [-0.1, -0.05) is 60.1 Å². The topological polar surface area (TPSA) is 96.3 Å². The molecule has 2 aliphatic heterocycles. The van der Waals surface area contributed by atoms with Crippen LogP contribution in [0.5, 0.6) is 5.75 Å². The minimum absolute atomic E-state index is 0.0954. The van der Waals surface area contributed by atoms with Crippen molar-refractivity contribution in [2.45, 2.75) is 31.7 Å².